The Morgan fingerprint density at radius 1 is 1.00 bits per heavy atom. The predicted octanol–water partition coefficient (Wildman–Crippen LogP) is 5.04. The van der Waals surface area contributed by atoms with Gasteiger partial charge in [0.25, 0.3) is 15.9 Å². The molecule has 0 heterocycles. The summed E-state index contributed by atoms with van der Waals surface area (Å²) in [6.45, 7) is 0. The summed E-state index contributed by atoms with van der Waals surface area (Å²) in [6.07, 6.45) is 4.94. The van der Waals surface area contributed by atoms with Gasteiger partial charge >= 0.3 is 0 Å². The first-order chi connectivity index (χ1) is 15.4. The minimum absolute atomic E-state index is 0.000524. The highest BCUT2D eigenvalue weighted by atomic mass is 32.2. The van der Waals surface area contributed by atoms with Crippen LogP contribution in [0.2, 0.25) is 0 Å². The fourth-order valence-electron chi connectivity index (χ4n) is 4.01. The van der Waals surface area contributed by atoms with Gasteiger partial charge in [0, 0.05) is 17.5 Å². The average Bonchev–Trinajstić information content (AvgIpc) is 2.84. The van der Waals surface area contributed by atoms with Gasteiger partial charge < -0.3 is 5.32 Å². The quantitative estimate of drug-likeness (QED) is 0.517. The van der Waals surface area contributed by atoms with Crippen molar-refractivity contribution in [1.29, 1.82) is 0 Å². The summed E-state index contributed by atoms with van der Waals surface area (Å²) in [5.41, 5.74) is 3.48. The number of nitrogens with one attached hydrogen (secondary N) is 1. The normalized spacial score (nSPS) is 15.6. The molecule has 3 aromatic carbocycles. The highest BCUT2D eigenvalue weighted by Crippen LogP contribution is 2.30. The van der Waals surface area contributed by atoms with Crippen molar-refractivity contribution in [2.24, 2.45) is 0 Å². The molecule has 32 heavy (non-hydrogen) atoms. The number of carbonyl (C=O) groups is 1. The number of hydrogen-bond acceptors (Lipinski definition) is 4. The number of fused-ring (bicyclic) bond motifs is 1. The molecule has 1 amide bonds. The van der Waals surface area contributed by atoms with Crippen LogP contribution in [-0.4, -0.2) is 27.6 Å². The Hall–Kier alpha value is -2.77. The number of sulfonamides is 1. The van der Waals surface area contributed by atoms with Gasteiger partial charge in [0.1, 0.15) is 0 Å². The highest BCUT2D eigenvalue weighted by Gasteiger charge is 2.23. The molecule has 0 aliphatic heterocycles. The summed E-state index contributed by atoms with van der Waals surface area (Å²) in [5.74, 6) is -0.156. The molecule has 0 fully saturated rings. The Kier molecular flexibility index (Phi) is 6.58. The van der Waals surface area contributed by atoms with Gasteiger partial charge in [-0.2, -0.15) is 0 Å². The zero-order valence-corrected chi connectivity index (χ0v) is 19.7. The van der Waals surface area contributed by atoms with E-state index in [4.69, 9.17) is 0 Å². The first-order valence-electron chi connectivity index (χ1n) is 10.5. The smallest absolute Gasteiger partial charge is 0.264 e. The first kappa shape index (κ1) is 22.4. The molecule has 1 atom stereocenters. The van der Waals surface area contributed by atoms with Crippen molar-refractivity contribution in [3.8, 4) is 0 Å². The zero-order valence-electron chi connectivity index (χ0n) is 18.1. The average molecular weight is 467 g/mol. The third-order valence-corrected chi connectivity index (χ3v) is 8.43. The molecule has 1 aliphatic rings. The van der Waals surface area contributed by atoms with Crippen molar-refractivity contribution in [3.63, 3.8) is 0 Å². The lowest BCUT2D eigenvalue weighted by atomic mass is 9.87. The van der Waals surface area contributed by atoms with Gasteiger partial charge in [0.05, 0.1) is 16.6 Å². The van der Waals surface area contributed by atoms with E-state index in [1.807, 2.05) is 18.4 Å². The lowest BCUT2D eigenvalue weighted by Crippen LogP contribution is -2.31. The van der Waals surface area contributed by atoms with Crippen LogP contribution < -0.4 is 9.62 Å². The van der Waals surface area contributed by atoms with Crippen LogP contribution in [0.15, 0.2) is 82.6 Å². The summed E-state index contributed by atoms with van der Waals surface area (Å²) in [7, 11) is -2.16. The minimum Gasteiger partial charge on any atom is -0.345 e. The Morgan fingerprint density at radius 3 is 2.38 bits per heavy atom. The standard InChI is InChI=1S/C25H26N2O3S2/c1-27(32(29,30)22-16-14-21(31-2)15-17-22)20-12-10-19(11-13-20)25(28)26-24-9-5-7-18-6-3-4-8-23(18)24/h3-4,6,8,10-17,24H,5,7,9H2,1-2H3,(H,26,28). The lowest BCUT2D eigenvalue weighted by Gasteiger charge is -2.26. The third kappa shape index (κ3) is 4.54. The summed E-state index contributed by atoms with van der Waals surface area (Å²) < 4.78 is 27.2. The van der Waals surface area contributed by atoms with Crippen LogP contribution in [0.4, 0.5) is 5.69 Å². The van der Waals surface area contributed by atoms with Crippen molar-refractivity contribution in [2.45, 2.75) is 35.1 Å². The Balaban J connectivity index is 1.48. The molecular weight excluding hydrogens is 440 g/mol. The maximum atomic E-state index is 13.0. The Morgan fingerprint density at radius 2 is 1.69 bits per heavy atom. The lowest BCUT2D eigenvalue weighted by molar-refractivity contribution is 0.0932. The van der Waals surface area contributed by atoms with Crippen molar-refractivity contribution in [2.75, 3.05) is 17.6 Å². The third-order valence-electron chi connectivity index (χ3n) is 5.89. The second-order valence-corrected chi connectivity index (χ2v) is 10.7. The van der Waals surface area contributed by atoms with Gasteiger partial charge in [0.2, 0.25) is 0 Å². The number of aryl methyl sites for hydroxylation is 1. The summed E-state index contributed by atoms with van der Waals surface area (Å²) in [5, 5.41) is 3.13. The van der Waals surface area contributed by atoms with Gasteiger partial charge in [0.15, 0.2) is 0 Å². The van der Waals surface area contributed by atoms with E-state index in [0.717, 1.165) is 24.2 Å². The van der Waals surface area contributed by atoms with Crippen molar-refractivity contribution in [1.82, 2.24) is 5.32 Å². The van der Waals surface area contributed by atoms with Crippen LogP contribution in [0, 0.1) is 0 Å². The van der Waals surface area contributed by atoms with Gasteiger partial charge in [-0.15, -0.1) is 11.8 Å². The Labute approximate surface area is 193 Å². The second-order valence-electron chi connectivity index (χ2n) is 7.81. The van der Waals surface area contributed by atoms with E-state index in [0.29, 0.717) is 11.3 Å². The molecule has 4 rings (SSSR count). The van der Waals surface area contributed by atoms with Gasteiger partial charge in [-0.3, -0.25) is 9.10 Å². The summed E-state index contributed by atoms with van der Waals surface area (Å²) in [4.78, 5) is 14.1. The van der Waals surface area contributed by atoms with Crippen LogP contribution in [0.3, 0.4) is 0 Å². The highest BCUT2D eigenvalue weighted by molar-refractivity contribution is 7.98. The zero-order chi connectivity index (χ0) is 22.7. The number of amides is 1. The maximum absolute atomic E-state index is 13.0. The molecule has 1 unspecified atom stereocenters. The molecule has 0 saturated heterocycles. The Bertz CT molecular complexity index is 1210. The SMILES string of the molecule is CSc1ccc(S(=O)(=O)N(C)c2ccc(C(=O)NC3CCCc4ccccc43)cc2)cc1. The van der Waals surface area contributed by atoms with E-state index in [-0.39, 0.29) is 16.8 Å². The molecule has 0 saturated carbocycles. The fraction of sp³-hybridized carbons (Fsp3) is 0.240. The maximum Gasteiger partial charge on any atom is 0.264 e. The number of anilines is 1. The topological polar surface area (TPSA) is 66.5 Å². The van der Waals surface area contributed by atoms with E-state index in [2.05, 4.69) is 17.4 Å². The largest absolute Gasteiger partial charge is 0.345 e. The van der Waals surface area contributed by atoms with Crippen LogP contribution in [0.5, 0.6) is 0 Å². The van der Waals surface area contributed by atoms with E-state index >= 15 is 0 Å². The summed E-state index contributed by atoms with van der Waals surface area (Å²) in [6, 6.07) is 21.7. The molecule has 0 radical (unpaired) electrons. The van der Waals surface area contributed by atoms with Crippen molar-refractivity contribution < 1.29 is 13.2 Å². The van der Waals surface area contributed by atoms with E-state index in [1.165, 1.54) is 22.5 Å². The molecule has 3 aromatic rings. The second kappa shape index (κ2) is 9.38. The molecule has 0 aromatic heterocycles. The molecule has 1 aliphatic carbocycles. The van der Waals surface area contributed by atoms with Crippen molar-refractivity contribution in [3.05, 3.63) is 89.5 Å². The molecule has 166 valence electrons. The number of hydrogen-bond donors (Lipinski definition) is 1. The van der Waals surface area contributed by atoms with E-state index in [9.17, 15) is 13.2 Å². The van der Waals surface area contributed by atoms with Gasteiger partial charge in [-0.05, 0) is 85.2 Å². The van der Waals surface area contributed by atoms with Crippen molar-refractivity contribution >= 4 is 33.4 Å². The molecule has 5 nitrogen and oxygen atoms in total. The van der Waals surface area contributed by atoms with Crippen LogP contribution in [0.1, 0.15) is 40.4 Å². The monoisotopic (exact) mass is 466 g/mol. The molecular formula is C25H26N2O3S2. The number of carbonyl (C=O) groups excluding carboxylic acids is 1. The summed E-state index contributed by atoms with van der Waals surface area (Å²) >= 11 is 1.56. The number of nitrogens with zero attached hydrogens (tertiary/aromatic N) is 1. The van der Waals surface area contributed by atoms with Crippen LogP contribution in [0.25, 0.3) is 0 Å². The van der Waals surface area contributed by atoms with Gasteiger partial charge in [-0.25, -0.2) is 8.42 Å². The molecule has 0 spiro atoms. The number of thioether (sulfide) groups is 1. The van der Waals surface area contributed by atoms with E-state index < -0.39 is 10.0 Å². The number of benzene rings is 3. The van der Waals surface area contributed by atoms with Crippen LogP contribution >= 0.6 is 11.8 Å². The predicted molar refractivity (Wildman–Crippen MR) is 130 cm³/mol. The minimum atomic E-state index is -3.68. The van der Waals surface area contributed by atoms with E-state index in [1.54, 1.807) is 60.3 Å². The molecule has 1 N–H and O–H groups in total. The van der Waals surface area contributed by atoms with Crippen LogP contribution in [-0.2, 0) is 16.4 Å². The molecule has 0 bridgehead atoms. The fourth-order valence-corrected chi connectivity index (χ4v) is 5.62. The van der Waals surface area contributed by atoms with Gasteiger partial charge in [-0.1, -0.05) is 24.3 Å². The number of rotatable bonds is 6. The first-order valence-corrected chi connectivity index (χ1v) is 13.2. The molecule has 7 heteroatoms.